The number of halogens is 1. The molecule has 1 unspecified atom stereocenters. The fourth-order valence-corrected chi connectivity index (χ4v) is 1.82. The summed E-state index contributed by atoms with van der Waals surface area (Å²) in [5, 5.41) is 14.6. The van der Waals surface area contributed by atoms with Gasteiger partial charge in [0.15, 0.2) is 0 Å². The van der Waals surface area contributed by atoms with Crippen molar-refractivity contribution < 1.29 is 9.31 Å². The molecule has 0 aliphatic carbocycles. The molecule has 1 heterocycles. The van der Waals surface area contributed by atoms with Crippen molar-refractivity contribution >= 4 is 11.5 Å². The van der Waals surface area contributed by atoms with Gasteiger partial charge in [-0.15, -0.1) is 0 Å². The molecule has 1 aromatic carbocycles. The van der Waals surface area contributed by atoms with Crippen LogP contribution in [0.3, 0.4) is 0 Å². The van der Waals surface area contributed by atoms with Crippen LogP contribution in [0.4, 0.5) is 15.9 Å². The summed E-state index contributed by atoms with van der Waals surface area (Å²) in [6, 6.07) is 4.39. The molecule has 0 spiro atoms. The van der Waals surface area contributed by atoms with Crippen LogP contribution >= 0.6 is 0 Å². The van der Waals surface area contributed by atoms with Crippen LogP contribution < -0.4 is 5.73 Å². The molecule has 0 aliphatic heterocycles. The standard InChI is InChI=1S/C12H13FN4O2/c1-7-3-4-9(5-10(7)13)8(2)16-12(14)11(6-15-16)17(18)19/h3-6,8H,14H2,1-2H3. The Kier molecular flexibility index (Phi) is 3.20. The zero-order valence-electron chi connectivity index (χ0n) is 10.5. The second kappa shape index (κ2) is 4.68. The van der Waals surface area contributed by atoms with Crippen LogP contribution in [-0.2, 0) is 0 Å². The first kappa shape index (κ1) is 13.0. The van der Waals surface area contributed by atoms with Gasteiger partial charge in [-0.2, -0.15) is 5.10 Å². The zero-order chi connectivity index (χ0) is 14.2. The summed E-state index contributed by atoms with van der Waals surface area (Å²) in [4.78, 5) is 10.1. The van der Waals surface area contributed by atoms with Gasteiger partial charge in [0, 0.05) is 0 Å². The van der Waals surface area contributed by atoms with E-state index in [9.17, 15) is 14.5 Å². The van der Waals surface area contributed by atoms with E-state index >= 15 is 0 Å². The normalized spacial score (nSPS) is 12.4. The van der Waals surface area contributed by atoms with Crippen molar-refractivity contribution in [1.29, 1.82) is 0 Å². The lowest BCUT2D eigenvalue weighted by Crippen LogP contribution is -2.12. The third-order valence-corrected chi connectivity index (χ3v) is 3.06. The number of anilines is 1. The summed E-state index contributed by atoms with van der Waals surface area (Å²) in [7, 11) is 0. The Morgan fingerprint density at radius 3 is 2.74 bits per heavy atom. The van der Waals surface area contributed by atoms with E-state index in [2.05, 4.69) is 5.10 Å². The number of aromatic nitrogens is 2. The van der Waals surface area contributed by atoms with Gasteiger partial charge in [0.05, 0.1) is 11.0 Å². The molecule has 1 atom stereocenters. The highest BCUT2D eigenvalue weighted by molar-refractivity contribution is 5.52. The fourth-order valence-electron chi connectivity index (χ4n) is 1.82. The maximum absolute atomic E-state index is 13.5. The highest BCUT2D eigenvalue weighted by Crippen LogP contribution is 2.27. The van der Waals surface area contributed by atoms with Gasteiger partial charge in [0.1, 0.15) is 12.0 Å². The topological polar surface area (TPSA) is 87.0 Å². The molecule has 0 radical (unpaired) electrons. The summed E-state index contributed by atoms with van der Waals surface area (Å²) >= 11 is 0. The molecule has 2 rings (SSSR count). The van der Waals surface area contributed by atoms with Crippen molar-refractivity contribution in [3.8, 4) is 0 Å². The van der Waals surface area contributed by atoms with Gasteiger partial charge in [0.25, 0.3) is 0 Å². The molecule has 7 heteroatoms. The molecule has 0 saturated heterocycles. The van der Waals surface area contributed by atoms with E-state index in [-0.39, 0.29) is 23.4 Å². The number of nitrogens with two attached hydrogens (primary N) is 1. The average molecular weight is 264 g/mol. The minimum Gasteiger partial charge on any atom is -0.378 e. The maximum atomic E-state index is 13.5. The Balaban J connectivity index is 2.41. The van der Waals surface area contributed by atoms with Gasteiger partial charge in [0.2, 0.25) is 5.82 Å². The van der Waals surface area contributed by atoms with Crippen molar-refractivity contribution in [2.75, 3.05) is 5.73 Å². The van der Waals surface area contributed by atoms with E-state index in [1.54, 1.807) is 26.0 Å². The van der Waals surface area contributed by atoms with Crippen LogP contribution in [0.5, 0.6) is 0 Å². The number of hydrogen-bond donors (Lipinski definition) is 1. The van der Waals surface area contributed by atoms with E-state index in [0.717, 1.165) is 6.20 Å². The second-order valence-electron chi connectivity index (χ2n) is 4.30. The summed E-state index contributed by atoms with van der Waals surface area (Å²) < 4.78 is 14.8. The first-order valence-electron chi connectivity index (χ1n) is 5.65. The van der Waals surface area contributed by atoms with Crippen molar-refractivity contribution in [1.82, 2.24) is 9.78 Å². The molecular weight excluding hydrogens is 251 g/mol. The number of nitrogens with zero attached hydrogens (tertiary/aromatic N) is 3. The zero-order valence-corrected chi connectivity index (χ0v) is 10.5. The molecule has 0 amide bonds. The molecule has 100 valence electrons. The number of hydrogen-bond acceptors (Lipinski definition) is 4. The smallest absolute Gasteiger partial charge is 0.330 e. The molecule has 19 heavy (non-hydrogen) atoms. The Bertz CT molecular complexity index is 639. The minimum absolute atomic E-state index is 0.0431. The van der Waals surface area contributed by atoms with Gasteiger partial charge in [-0.25, -0.2) is 9.07 Å². The molecule has 0 bridgehead atoms. The molecular formula is C12H13FN4O2. The van der Waals surface area contributed by atoms with Crippen molar-refractivity contribution in [3.63, 3.8) is 0 Å². The highest BCUT2D eigenvalue weighted by atomic mass is 19.1. The monoisotopic (exact) mass is 264 g/mol. The Labute approximate surface area is 108 Å². The van der Waals surface area contributed by atoms with Crippen LogP contribution in [0.25, 0.3) is 0 Å². The Morgan fingerprint density at radius 2 is 2.21 bits per heavy atom. The number of nitrogen functional groups attached to an aromatic ring is 1. The van der Waals surface area contributed by atoms with Gasteiger partial charge in [-0.1, -0.05) is 12.1 Å². The van der Waals surface area contributed by atoms with Crippen LogP contribution in [-0.4, -0.2) is 14.7 Å². The first-order chi connectivity index (χ1) is 8.91. The Hall–Kier alpha value is -2.44. The largest absolute Gasteiger partial charge is 0.378 e. The summed E-state index contributed by atoms with van der Waals surface area (Å²) in [6.45, 7) is 3.41. The van der Waals surface area contributed by atoms with E-state index in [0.29, 0.717) is 11.1 Å². The average Bonchev–Trinajstić information content (AvgIpc) is 2.74. The molecule has 2 aromatic rings. The lowest BCUT2D eigenvalue weighted by atomic mass is 10.1. The maximum Gasteiger partial charge on any atom is 0.330 e. The van der Waals surface area contributed by atoms with E-state index in [4.69, 9.17) is 5.73 Å². The minimum atomic E-state index is -0.596. The van der Waals surface area contributed by atoms with Crippen LogP contribution in [0.1, 0.15) is 24.1 Å². The quantitative estimate of drug-likeness (QED) is 0.681. The van der Waals surface area contributed by atoms with Crippen LogP contribution in [0, 0.1) is 22.9 Å². The van der Waals surface area contributed by atoms with Crippen LogP contribution in [0.2, 0.25) is 0 Å². The molecule has 0 saturated carbocycles. The van der Waals surface area contributed by atoms with Crippen molar-refractivity contribution in [2.45, 2.75) is 19.9 Å². The number of nitro groups is 1. The number of rotatable bonds is 3. The summed E-state index contributed by atoms with van der Waals surface area (Å²) in [5.41, 5.74) is 6.61. The van der Waals surface area contributed by atoms with Crippen molar-refractivity contribution in [3.05, 3.63) is 51.5 Å². The molecule has 6 nitrogen and oxygen atoms in total. The molecule has 0 fully saturated rings. The van der Waals surface area contributed by atoms with Gasteiger partial charge < -0.3 is 5.73 Å². The molecule has 1 aromatic heterocycles. The van der Waals surface area contributed by atoms with Gasteiger partial charge in [-0.05, 0) is 31.0 Å². The first-order valence-corrected chi connectivity index (χ1v) is 5.65. The van der Waals surface area contributed by atoms with E-state index < -0.39 is 4.92 Å². The number of benzene rings is 1. The molecule has 2 N–H and O–H groups in total. The third-order valence-electron chi connectivity index (χ3n) is 3.06. The summed E-state index contributed by atoms with van der Waals surface area (Å²) in [5.74, 6) is -0.372. The van der Waals surface area contributed by atoms with E-state index in [1.807, 2.05) is 0 Å². The predicted molar refractivity (Wildman–Crippen MR) is 68.2 cm³/mol. The number of aryl methyl sites for hydroxylation is 1. The second-order valence-corrected chi connectivity index (χ2v) is 4.30. The van der Waals surface area contributed by atoms with Crippen LogP contribution in [0.15, 0.2) is 24.4 Å². The Morgan fingerprint density at radius 1 is 1.53 bits per heavy atom. The third kappa shape index (κ3) is 2.26. The van der Waals surface area contributed by atoms with Crippen molar-refractivity contribution in [2.24, 2.45) is 0 Å². The SMILES string of the molecule is Cc1ccc(C(C)n2ncc([N+](=O)[O-])c2N)cc1F. The van der Waals surface area contributed by atoms with E-state index in [1.165, 1.54) is 10.7 Å². The highest BCUT2D eigenvalue weighted by Gasteiger charge is 2.21. The predicted octanol–water partition coefficient (Wildman–Crippen LogP) is 2.43. The fraction of sp³-hybridized carbons (Fsp3) is 0.250. The lowest BCUT2D eigenvalue weighted by molar-refractivity contribution is -0.384. The molecule has 0 aliphatic rings. The lowest BCUT2D eigenvalue weighted by Gasteiger charge is -2.14. The van der Waals surface area contributed by atoms with Gasteiger partial charge >= 0.3 is 5.69 Å². The summed E-state index contributed by atoms with van der Waals surface area (Å²) in [6.07, 6.45) is 1.09. The van der Waals surface area contributed by atoms with Gasteiger partial charge in [-0.3, -0.25) is 10.1 Å².